The van der Waals surface area contributed by atoms with E-state index in [4.69, 9.17) is 0 Å². The molecule has 0 saturated heterocycles. The number of hydrogen-bond acceptors (Lipinski definition) is 3. The van der Waals surface area contributed by atoms with Crippen molar-refractivity contribution in [2.45, 2.75) is 66.7 Å². The largest absolute Gasteiger partial charge is 0.308 e. The summed E-state index contributed by atoms with van der Waals surface area (Å²) in [6.45, 7) is 13.3. The van der Waals surface area contributed by atoms with Gasteiger partial charge in [-0.1, -0.05) is 6.92 Å². The van der Waals surface area contributed by atoms with Gasteiger partial charge in [-0.25, -0.2) is 0 Å². The highest BCUT2D eigenvalue weighted by Gasteiger charge is 2.08. The molecule has 0 fully saturated rings. The summed E-state index contributed by atoms with van der Waals surface area (Å²) < 4.78 is 4.06. The molecule has 0 aliphatic carbocycles. The Labute approximate surface area is 139 Å². The SMILES string of the molecule is CCCn1cc(CNCc2cn(C(C)C)nc2C)c(C)n1.Cl. The summed E-state index contributed by atoms with van der Waals surface area (Å²) >= 11 is 0. The van der Waals surface area contributed by atoms with Gasteiger partial charge in [0.15, 0.2) is 0 Å². The predicted octanol–water partition coefficient (Wildman–Crippen LogP) is 3.40. The van der Waals surface area contributed by atoms with Crippen molar-refractivity contribution in [2.24, 2.45) is 0 Å². The van der Waals surface area contributed by atoms with E-state index >= 15 is 0 Å². The second kappa shape index (κ2) is 8.34. The number of rotatable bonds is 7. The molecule has 0 amide bonds. The van der Waals surface area contributed by atoms with Crippen LogP contribution in [-0.4, -0.2) is 19.6 Å². The number of aryl methyl sites for hydroxylation is 3. The van der Waals surface area contributed by atoms with Crippen LogP contribution in [0.5, 0.6) is 0 Å². The Morgan fingerprint density at radius 2 is 1.64 bits per heavy atom. The Morgan fingerprint density at radius 1 is 1.05 bits per heavy atom. The summed E-state index contributed by atoms with van der Waals surface area (Å²) in [7, 11) is 0. The van der Waals surface area contributed by atoms with Crippen molar-refractivity contribution in [3.63, 3.8) is 0 Å². The average Bonchev–Trinajstić information content (AvgIpc) is 2.95. The molecule has 0 saturated carbocycles. The van der Waals surface area contributed by atoms with E-state index < -0.39 is 0 Å². The summed E-state index contributed by atoms with van der Waals surface area (Å²) in [6.07, 6.45) is 5.40. The average molecular weight is 326 g/mol. The van der Waals surface area contributed by atoms with Gasteiger partial charge in [-0.2, -0.15) is 10.2 Å². The third kappa shape index (κ3) is 4.58. The fourth-order valence-corrected chi connectivity index (χ4v) is 2.37. The fourth-order valence-electron chi connectivity index (χ4n) is 2.37. The third-order valence-electron chi connectivity index (χ3n) is 3.68. The molecule has 0 aliphatic heterocycles. The predicted molar refractivity (Wildman–Crippen MR) is 92.4 cm³/mol. The van der Waals surface area contributed by atoms with Crippen LogP contribution in [0.3, 0.4) is 0 Å². The van der Waals surface area contributed by atoms with Crippen LogP contribution in [0.4, 0.5) is 0 Å². The molecule has 2 aromatic heterocycles. The van der Waals surface area contributed by atoms with E-state index in [-0.39, 0.29) is 12.4 Å². The molecule has 0 radical (unpaired) electrons. The monoisotopic (exact) mass is 325 g/mol. The van der Waals surface area contributed by atoms with Gasteiger partial charge in [-0.15, -0.1) is 12.4 Å². The molecule has 2 heterocycles. The smallest absolute Gasteiger partial charge is 0.0638 e. The van der Waals surface area contributed by atoms with Crippen molar-refractivity contribution in [2.75, 3.05) is 0 Å². The molecule has 0 aliphatic rings. The number of hydrogen-bond donors (Lipinski definition) is 1. The Kier molecular flexibility index (Phi) is 7.10. The first-order chi connectivity index (χ1) is 10.0. The fraction of sp³-hybridized carbons (Fsp3) is 0.625. The van der Waals surface area contributed by atoms with Crippen LogP contribution >= 0.6 is 12.4 Å². The molecule has 22 heavy (non-hydrogen) atoms. The van der Waals surface area contributed by atoms with Crippen LogP contribution in [-0.2, 0) is 19.6 Å². The summed E-state index contributed by atoms with van der Waals surface area (Å²) in [5.41, 5.74) is 4.76. The summed E-state index contributed by atoms with van der Waals surface area (Å²) in [5.74, 6) is 0. The minimum atomic E-state index is 0. The second-order valence-electron chi connectivity index (χ2n) is 5.92. The molecule has 0 bridgehead atoms. The maximum atomic E-state index is 4.54. The maximum Gasteiger partial charge on any atom is 0.0638 e. The van der Waals surface area contributed by atoms with Crippen molar-refractivity contribution >= 4 is 12.4 Å². The molecule has 0 aromatic carbocycles. The van der Waals surface area contributed by atoms with E-state index in [1.165, 1.54) is 11.1 Å². The lowest BCUT2D eigenvalue weighted by Crippen LogP contribution is -2.13. The molecule has 2 rings (SSSR count). The highest BCUT2D eigenvalue weighted by atomic mass is 35.5. The van der Waals surface area contributed by atoms with E-state index in [0.29, 0.717) is 6.04 Å². The van der Waals surface area contributed by atoms with Gasteiger partial charge < -0.3 is 5.32 Å². The van der Waals surface area contributed by atoms with Crippen LogP contribution in [0.25, 0.3) is 0 Å². The van der Waals surface area contributed by atoms with Crippen molar-refractivity contribution in [1.29, 1.82) is 0 Å². The quantitative estimate of drug-likeness (QED) is 0.848. The molecular weight excluding hydrogens is 298 g/mol. The Balaban J connectivity index is 0.00000242. The van der Waals surface area contributed by atoms with Gasteiger partial charge >= 0.3 is 0 Å². The molecular formula is C16H28ClN5. The van der Waals surface area contributed by atoms with Gasteiger partial charge in [0.25, 0.3) is 0 Å². The minimum Gasteiger partial charge on any atom is -0.308 e. The minimum absolute atomic E-state index is 0. The first-order valence-electron chi connectivity index (χ1n) is 7.79. The van der Waals surface area contributed by atoms with Crippen LogP contribution in [0.2, 0.25) is 0 Å². The van der Waals surface area contributed by atoms with Crippen molar-refractivity contribution in [3.8, 4) is 0 Å². The van der Waals surface area contributed by atoms with E-state index in [1.807, 2.05) is 9.36 Å². The van der Waals surface area contributed by atoms with Crippen molar-refractivity contribution in [3.05, 3.63) is 34.9 Å². The van der Waals surface area contributed by atoms with Gasteiger partial charge in [0.2, 0.25) is 0 Å². The lowest BCUT2D eigenvalue weighted by Gasteiger charge is -2.04. The maximum absolute atomic E-state index is 4.54. The first-order valence-corrected chi connectivity index (χ1v) is 7.79. The topological polar surface area (TPSA) is 47.7 Å². The van der Waals surface area contributed by atoms with E-state index in [9.17, 15) is 0 Å². The van der Waals surface area contributed by atoms with Crippen LogP contribution < -0.4 is 5.32 Å². The van der Waals surface area contributed by atoms with Crippen LogP contribution in [0, 0.1) is 13.8 Å². The molecule has 0 atom stereocenters. The Hall–Kier alpha value is -1.33. The number of aromatic nitrogens is 4. The first kappa shape index (κ1) is 18.7. The van der Waals surface area contributed by atoms with Gasteiger partial charge in [0.1, 0.15) is 0 Å². The lowest BCUT2D eigenvalue weighted by molar-refractivity contribution is 0.528. The van der Waals surface area contributed by atoms with Crippen molar-refractivity contribution < 1.29 is 0 Å². The summed E-state index contributed by atoms with van der Waals surface area (Å²) in [4.78, 5) is 0. The molecule has 2 aromatic rings. The highest BCUT2D eigenvalue weighted by molar-refractivity contribution is 5.85. The molecule has 6 heteroatoms. The highest BCUT2D eigenvalue weighted by Crippen LogP contribution is 2.11. The number of nitrogens with zero attached hydrogens (tertiary/aromatic N) is 4. The lowest BCUT2D eigenvalue weighted by atomic mass is 10.2. The number of nitrogens with one attached hydrogen (secondary N) is 1. The normalized spacial score (nSPS) is 11.0. The van der Waals surface area contributed by atoms with Crippen LogP contribution in [0.1, 0.15) is 55.7 Å². The zero-order chi connectivity index (χ0) is 15.4. The third-order valence-corrected chi connectivity index (χ3v) is 3.68. The molecule has 124 valence electrons. The molecule has 5 nitrogen and oxygen atoms in total. The van der Waals surface area contributed by atoms with Gasteiger partial charge in [-0.05, 0) is 34.1 Å². The summed E-state index contributed by atoms with van der Waals surface area (Å²) in [5, 5.41) is 12.6. The zero-order valence-corrected chi connectivity index (χ0v) is 15.1. The number of halogens is 1. The van der Waals surface area contributed by atoms with E-state index in [0.717, 1.165) is 37.4 Å². The molecule has 0 unspecified atom stereocenters. The van der Waals surface area contributed by atoms with Gasteiger partial charge in [-0.3, -0.25) is 9.36 Å². The Bertz CT molecular complexity index is 585. The van der Waals surface area contributed by atoms with Gasteiger partial charge in [0, 0.05) is 49.2 Å². The molecule has 0 spiro atoms. The van der Waals surface area contributed by atoms with E-state index in [2.05, 4.69) is 62.5 Å². The standard InChI is InChI=1S/C16H27N5.ClH/c1-6-7-20-10-15(13(4)18-20)8-17-9-16-11-21(12(2)3)19-14(16)5;/h10-12,17H,6-9H2,1-5H3;1H. The second-order valence-corrected chi connectivity index (χ2v) is 5.92. The van der Waals surface area contributed by atoms with Crippen molar-refractivity contribution in [1.82, 2.24) is 24.9 Å². The van der Waals surface area contributed by atoms with Crippen LogP contribution in [0.15, 0.2) is 12.4 Å². The summed E-state index contributed by atoms with van der Waals surface area (Å²) in [6, 6.07) is 0.409. The Morgan fingerprint density at radius 3 is 2.18 bits per heavy atom. The zero-order valence-electron chi connectivity index (χ0n) is 14.3. The van der Waals surface area contributed by atoms with Gasteiger partial charge in [0.05, 0.1) is 11.4 Å². The van der Waals surface area contributed by atoms with E-state index in [1.54, 1.807) is 0 Å². The molecule has 1 N–H and O–H groups in total.